The highest BCUT2D eigenvalue weighted by atomic mass is 19.4. The Labute approximate surface area is 166 Å². The molecular weight excluding hydrogens is 422 g/mol. The average molecular weight is 438 g/mol. The van der Waals surface area contributed by atoms with Crippen molar-refractivity contribution in [2.45, 2.75) is 44.8 Å². The lowest BCUT2D eigenvalue weighted by molar-refractivity contribution is -0.359. The highest BCUT2D eigenvalue weighted by Gasteiger charge is 2.46. The van der Waals surface area contributed by atoms with Crippen LogP contribution in [0.4, 0.5) is 32.2 Å². The van der Waals surface area contributed by atoms with Gasteiger partial charge < -0.3 is 15.0 Å². The van der Waals surface area contributed by atoms with Gasteiger partial charge >= 0.3 is 12.7 Å². The zero-order valence-electron chi connectivity index (χ0n) is 15.6. The summed E-state index contributed by atoms with van der Waals surface area (Å²) in [6.45, 7) is 2.71. The number of nitrogens with zero attached hydrogens (tertiary/aromatic N) is 3. The number of aromatic nitrogens is 2. The van der Waals surface area contributed by atoms with Crippen LogP contribution in [0.1, 0.15) is 13.8 Å². The average Bonchev–Trinajstić information content (AvgIpc) is 2.62. The molecule has 2 aromatic rings. The van der Waals surface area contributed by atoms with Gasteiger partial charge in [-0.25, -0.2) is 9.97 Å². The van der Waals surface area contributed by atoms with Gasteiger partial charge in [-0.15, -0.1) is 26.3 Å². The number of halogens is 6. The fourth-order valence-electron chi connectivity index (χ4n) is 3.04. The first-order valence-electron chi connectivity index (χ1n) is 8.66. The van der Waals surface area contributed by atoms with Crippen molar-refractivity contribution in [1.82, 2.24) is 14.9 Å². The molecule has 1 amide bonds. The maximum atomic E-state index is 12.5. The summed E-state index contributed by atoms with van der Waals surface area (Å²) in [4.78, 5) is 21.6. The molecule has 0 radical (unpaired) electrons. The number of alkyl halides is 6. The number of carbonyl (C=O) groups excluding carboxylic acids is 1. The van der Waals surface area contributed by atoms with Crippen molar-refractivity contribution >= 4 is 22.6 Å². The van der Waals surface area contributed by atoms with Crippen molar-refractivity contribution in [3.8, 4) is 5.75 Å². The molecule has 0 bridgehead atoms. The molecular formula is C17H16F6N4O3. The van der Waals surface area contributed by atoms with E-state index in [1.54, 1.807) is 0 Å². The number of hydrogen-bond donors (Lipinski definition) is 1. The molecule has 164 valence electrons. The smallest absolute Gasteiger partial charge is 0.406 e. The highest BCUT2D eigenvalue weighted by molar-refractivity contribution is 5.92. The first-order valence-corrected chi connectivity index (χ1v) is 8.66. The largest absolute Gasteiger partial charge is 0.573 e. The Morgan fingerprint density at radius 1 is 1.20 bits per heavy atom. The number of benzene rings is 1. The topological polar surface area (TPSA) is 76.6 Å². The first-order chi connectivity index (χ1) is 13.8. The molecule has 7 nitrogen and oxygen atoms in total. The molecule has 0 unspecified atom stereocenters. The number of nitrogens with one attached hydrogen (secondary N) is 1. The monoisotopic (exact) mass is 438 g/mol. The number of rotatable bonds is 5. The summed E-state index contributed by atoms with van der Waals surface area (Å²) in [5.74, 6) is -0.766. The van der Waals surface area contributed by atoms with Gasteiger partial charge in [-0.05, 0) is 26.0 Å². The fourth-order valence-corrected chi connectivity index (χ4v) is 3.04. The highest BCUT2D eigenvalue weighted by Crippen LogP contribution is 2.30. The summed E-state index contributed by atoms with van der Waals surface area (Å²) >= 11 is 0. The van der Waals surface area contributed by atoms with Crippen LogP contribution in [0.2, 0.25) is 0 Å². The van der Waals surface area contributed by atoms with Crippen LogP contribution in [0.5, 0.6) is 5.75 Å². The SMILES string of the molecule is C[C@@H](Nc1ncnc2cc(OC(F)(F)F)ccc12)C(=O)N1C[C@H](OC(F)(F)F)[C@@H]1C. The molecule has 1 aliphatic heterocycles. The predicted octanol–water partition coefficient (Wildman–Crippen LogP) is 3.46. The van der Waals surface area contributed by atoms with Crippen LogP contribution in [0.15, 0.2) is 24.5 Å². The van der Waals surface area contributed by atoms with Crippen LogP contribution in [-0.4, -0.2) is 58.2 Å². The molecule has 30 heavy (non-hydrogen) atoms. The van der Waals surface area contributed by atoms with E-state index >= 15 is 0 Å². The summed E-state index contributed by atoms with van der Waals surface area (Å²) in [6.07, 6.45) is -9.69. The maximum Gasteiger partial charge on any atom is 0.573 e. The molecule has 2 heterocycles. The second-order valence-electron chi connectivity index (χ2n) is 6.65. The molecule has 1 aromatic carbocycles. The lowest BCUT2D eigenvalue weighted by Gasteiger charge is -2.46. The van der Waals surface area contributed by atoms with Crippen molar-refractivity contribution in [3.05, 3.63) is 24.5 Å². The van der Waals surface area contributed by atoms with Crippen molar-refractivity contribution < 1.29 is 40.6 Å². The van der Waals surface area contributed by atoms with E-state index in [4.69, 9.17) is 0 Å². The molecule has 1 aliphatic rings. The Morgan fingerprint density at radius 3 is 2.50 bits per heavy atom. The second kappa shape index (κ2) is 7.78. The van der Waals surface area contributed by atoms with Crippen molar-refractivity contribution in [3.63, 3.8) is 0 Å². The first kappa shape index (κ1) is 21.9. The van der Waals surface area contributed by atoms with Crippen LogP contribution in [-0.2, 0) is 9.53 Å². The number of amides is 1. The van der Waals surface area contributed by atoms with E-state index in [1.807, 2.05) is 0 Å². The van der Waals surface area contributed by atoms with Gasteiger partial charge in [0.25, 0.3) is 0 Å². The van der Waals surface area contributed by atoms with Crippen LogP contribution in [0, 0.1) is 0 Å². The second-order valence-corrected chi connectivity index (χ2v) is 6.65. The third-order valence-corrected chi connectivity index (χ3v) is 4.54. The third-order valence-electron chi connectivity index (χ3n) is 4.54. The Hall–Kier alpha value is -2.83. The van der Waals surface area contributed by atoms with E-state index in [2.05, 4.69) is 24.8 Å². The van der Waals surface area contributed by atoms with Crippen LogP contribution < -0.4 is 10.1 Å². The minimum atomic E-state index is -4.86. The fraction of sp³-hybridized carbons (Fsp3) is 0.471. The summed E-state index contributed by atoms with van der Waals surface area (Å²) in [7, 11) is 0. The van der Waals surface area contributed by atoms with Gasteiger partial charge in [-0.2, -0.15) is 0 Å². The van der Waals surface area contributed by atoms with E-state index in [1.165, 1.54) is 24.8 Å². The van der Waals surface area contributed by atoms with Gasteiger partial charge in [-0.3, -0.25) is 9.53 Å². The quantitative estimate of drug-likeness (QED) is 0.721. The summed E-state index contributed by atoms with van der Waals surface area (Å²) < 4.78 is 81.8. The molecule has 0 spiro atoms. The number of anilines is 1. The van der Waals surface area contributed by atoms with E-state index in [9.17, 15) is 31.1 Å². The summed E-state index contributed by atoms with van der Waals surface area (Å²) in [6, 6.07) is 1.80. The lowest BCUT2D eigenvalue weighted by Crippen LogP contribution is -2.64. The minimum absolute atomic E-state index is 0.143. The van der Waals surface area contributed by atoms with Gasteiger partial charge in [0.2, 0.25) is 5.91 Å². The number of ether oxygens (including phenoxy) is 2. The molecule has 1 saturated heterocycles. The Morgan fingerprint density at radius 2 is 1.90 bits per heavy atom. The molecule has 0 aliphatic carbocycles. The van der Waals surface area contributed by atoms with Gasteiger partial charge in [-0.1, -0.05) is 0 Å². The molecule has 13 heteroatoms. The predicted molar refractivity (Wildman–Crippen MR) is 91.4 cm³/mol. The zero-order valence-corrected chi connectivity index (χ0v) is 15.6. The molecule has 3 rings (SSSR count). The summed E-state index contributed by atoms with van der Waals surface area (Å²) in [5.41, 5.74) is 0.143. The van der Waals surface area contributed by atoms with E-state index in [-0.39, 0.29) is 17.9 Å². The Balaban J connectivity index is 1.69. The lowest BCUT2D eigenvalue weighted by atomic mass is 9.99. The van der Waals surface area contributed by atoms with E-state index in [0.29, 0.717) is 5.39 Å². The Bertz CT molecular complexity index is 936. The van der Waals surface area contributed by atoms with Crippen LogP contribution in [0.25, 0.3) is 10.9 Å². The Kier molecular flexibility index (Phi) is 5.67. The molecule has 1 fully saturated rings. The molecule has 1 aromatic heterocycles. The van der Waals surface area contributed by atoms with Crippen molar-refractivity contribution in [2.75, 3.05) is 11.9 Å². The normalized spacial score (nSPS) is 20.6. The third kappa shape index (κ3) is 5.01. The van der Waals surface area contributed by atoms with Gasteiger partial charge in [0, 0.05) is 18.0 Å². The van der Waals surface area contributed by atoms with Crippen molar-refractivity contribution in [1.29, 1.82) is 0 Å². The number of carbonyl (C=O) groups is 1. The van der Waals surface area contributed by atoms with Crippen LogP contribution in [0.3, 0.4) is 0 Å². The molecule has 3 atom stereocenters. The minimum Gasteiger partial charge on any atom is -0.406 e. The number of fused-ring (bicyclic) bond motifs is 1. The van der Waals surface area contributed by atoms with E-state index in [0.717, 1.165) is 18.5 Å². The van der Waals surface area contributed by atoms with Crippen LogP contribution >= 0.6 is 0 Å². The van der Waals surface area contributed by atoms with Crippen molar-refractivity contribution in [2.24, 2.45) is 0 Å². The van der Waals surface area contributed by atoms with Gasteiger partial charge in [0.05, 0.1) is 11.6 Å². The molecule has 1 N–H and O–H groups in total. The zero-order chi connectivity index (χ0) is 22.3. The van der Waals surface area contributed by atoms with E-state index < -0.39 is 42.6 Å². The van der Waals surface area contributed by atoms with Gasteiger partial charge in [0.15, 0.2) is 0 Å². The maximum absolute atomic E-state index is 12.5. The number of likely N-dealkylation sites (tertiary alicyclic amines) is 1. The number of hydrogen-bond acceptors (Lipinski definition) is 6. The molecule has 0 saturated carbocycles. The standard InChI is InChI=1S/C17H16F6N4O3/c1-8(15(28)27-6-13(9(27)2)30-17(21,22)23)26-14-11-4-3-10(29-16(18,19)20)5-12(11)24-7-25-14/h3-5,7-9,13H,6H2,1-2H3,(H,24,25,26)/t8-,9+,13+/m1/s1. The summed E-state index contributed by atoms with van der Waals surface area (Å²) in [5, 5.41) is 3.15. The van der Waals surface area contributed by atoms with Gasteiger partial charge in [0.1, 0.15) is 30.0 Å².